The Morgan fingerprint density at radius 2 is 1.75 bits per heavy atom. The Morgan fingerprint density at radius 1 is 1.06 bits per heavy atom. The highest BCUT2D eigenvalue weighted by molar-refractivity contribution is 5.59. The molecule has 2 N–H and O–H groups in total. The van der Waals surface area contributed by atoms with Gasteiger partial charge in [-0.15, -0.1) is 0 Å². The molecule has 6 nitrogen and oxygen atoms in total. The maximum atomic E-state index is 10.2. The first-order valence-electron chi connectivity index (χ1n) is 10.4. The smallest absolute Gasteiger partial charge is 0.191 e. The third kappa shape index (κ3) is 3.40. The Labute approximate surface area is 188 Å². The van der Waals surface area contributed by atoms with Crippen molar-refractivity contribution in [1.29, 1.82) is 15.8 Å². The van der Waals surface area contributed by atoms with Gasteiger partial charge in [-0.2, -0.15) is 15.8 Å². The monoisotopic (exact) mass is 421 g/mol. The predicted molar refractivity (Wildman–Crippen MR) is 120 cm³/mol. The molecule has 1 heterocycles. The maximum absolute atomic E-state index is 10.2. The van der Waals surface area contributed by atoms with E-state index in [0.717, 1.165) is 17.7 Å². The molecule has 0 unspecified atom stereocenters. The topological polar surface area (TPSA) is 110 Å². The molecule has 0 saturated heterocycles. The number of ether oxygens (including phenoxy) is 1. The fourth-order valence-electron chi connectivity index (χ4n) is 4.90. The largest absolute Gasteiger partial charge is 0.497 e. The predicted octanol–water partition coefficient (Wildman–Crippen LogP) is 3.62. The third-order valence-electron chi connectivity index (χ3n) is 6.46. The lowest BCUT2D eigenvalue weighted by atomic mass is 9.58. The number of nitrogens with zero attached hydrogens (tertiary/aromatic N) is 4. The van der Waals surface area contributed by atoms with Crippen molar-refractivity contribution in [3.8, 4) is 24.0 Å². The van der Waals surface area contributed by atoms with Crippen molar-refractivity contribution in [1.82, 2.24) is 4.90 Å². The van der Waals surface area contributed by atoms with E-state index in [-0.39, 0.29) is 17.2 Å². The molecule has 0 spiro atoms. The second-order valence-corrected chi connectivity index (χ2v) is 8.13. The Balaban J connectivity index is 1.83. The highest BCUT2D eigenvalue weighted by Gasteiger charge is 2.54. The van der Waals surface area contributed by atoms with Crippen LogP contribution in [0, 0.1) is 45.3 Å². The first-order valence-corrected chi connectivity index (χ1v) is 10.4. The fraction of sp³-hybridized carbons (Fsp3) is 0.269. The zero-order chi connectivity index (χ0) is 22.7. The number of hydrogen-bond donors (Lipinski definition) is 1. The van der Waals surface area contributed by atoms with Crippen LogP contribution in [0.2, 0.25) is 0 Å². The Kier molecular flexibility index (Phi) is 5.69. The molecule has 2 aromatic carbocycles. The first-order chi connectivity index (χ1) is 15.6. The number of rotatable bonds is 4. The van der Waals surface area contributed by atoms with Gasteiger partial charge in [0.05, 0.1) is 30.5 Å². The van der Waals surface area contributed by atoms with Gasteiger partial charge in [0.25, 0.3) is 0 Å². The van der Waals surface area contributed by atoms with Crippen LogP contribution in [0.3, 0.4) is 0 Å². The Bertz CT molecular complexity index is 1180. The van der Waals surface area contributed by atoms with E-state index in [1.54, 1.807) is 7.11 Å². The second kappa shape index (κ2) is 8.60. The van der Waals surface area contributed by atoms with Gasteiger partial charge >= 0.3 is 0 Å². The summed E-state index contributed by atoms with van der Waals surface area (Å²) in [7, 11) is 1.59. The summed E-state index contributed by atoms with van der Waals surface area (Å²) in [6, 6.07) is 24.1. The standard InChI is InChI=1S/C26H23N5O/c1-32-20-9-7-19(8-10-20)24-23-15-31(14-18-5-3-2-4-6-18)12-11-21(23)22(13-27)25(30)26(24,16-28)17-29/h2-11,23-24H,12,14-15,30H2,1H3/t23-,24+/m0/s1. The van der Waals surface area contributed by atoms with Crippen LogP contribution in [0.4, 0.5) is 0 Å². The number of fused-ring (bicyclic) bond motifs is 1. The van der Waals surface area contributed by atoms with Gasteiger partial charge in [-0.3, -0.25) is 4.90 Å². The summed E-state index contributed by atoms with van der Waals surface area (Å²) in [5.74, 6) is -0.0390. The summed E-state index contributed by atoms with van der Waals surface area (Å²) in [6.45, 7) is 2.02. The Morgan fingerprint density at radius 3 is 2.34 bits per heavy atom. The molecule has 0 amide bonds. The molecule has 0 radical (unpaired) electrons. The summed E-state index contributed by atoms with van der Waals surface area (Å²) in [5, 5.41) is 30.3. The quantitative estimate of drug-likeness (QED) is 0.807. The number of methoxy groups -OCH3 is 1. The maximum Gasteiger partial charge on any atom is 0.191 e. The minimum Gasteiger partial charge on any atom is -0.497 e. The lowest BCUT2D eigenvalue weighted by Gasteiger charge is -2.45. The van der Waals surface area contributed by atoms with Crippen LogP contribution in [0.1, 0.15) is 17.0 Å². The molecule has 6 heteroatoms. The van der Waals surface area contributed by atoms with Gasteiger partial charge in [0.2, 0.25) is 0 Å². The molecule has 0 fully saturated rings. The van der Waals surface area contributed by atoms with E-state index in [4.69, 9.17) is 10.5 Å². The second-order valence-electron chi connectivity index (χ2n) is 8.13. The van der Waals surface area contributed by atoms with Crippen molar-refractivity contribution >= 4 is 0 Å². The molecule has 0 bridgehead atoms. The molecule has 0 aromatic heterocycles. The number of hydrogen-bond acceptors (Lipinski definition) is 6. The van der Waals surface area contributed by atoms with Crippen molar-refractivity contribution in [3.05, 3.63) is 88.6 Å². The third-order valence-corrected chi connectivity index (χ3v) is 6.46. The molecule has 158 valence electrons. The van der Waals surface area contributed by atoms with Crippen LogP contribution in [-0.4, -0.2) is 25.1 Å². The molecular formula is C26H23N5O. The summed E-state index contributed by atoms with van der Waals surface area (Å²) < 4.78 is 5.28. The van der Waals surface area contributed by atoms with Gasteiger partial charge in [-0.05, 0) is 28.8 Å². The van der Waals surface area contributed by atoms with Crippen LogP contribution >= 0.6 is 0 Å². The van der Waals surface area contributed by atoms with Gasteiger partial charge in [0, 0.05) is 31.5 Å². The molecular weight excluding hydrogens is 398 g/mol. The van der Waals surface area contributed by atoms with E-state index in [1.165, 1.54) is 5.56 Å². The van der Waals surface area contributed by atoms with Crippen molar-refractivity contribution < 1.29 is 4.74 Å². The van der Waals surface area contributed by atoms with Gasteiger partial charge in [0.1, 0.15) is 11.8 Å². The van der Waals surface area contributed by atoms with E-state index in [0.29, 0.717) is 18.8 Å². The number of nitriles is 3. The zero-order valence-electron chi connectivity index (χ0n) is 17.8. The van der Waals surface area contributed by atoms with E-state index >= 15 is 0 Å². The van der Waals surface area contributed by atoms with Crippen LogP contribution < -0.4 is 10.5 Å². The SMILES string of the molecule is COc1ccc([C@@H]2[C@H]3CN(Cc4ccccc4)CC=C3C(C#N)=C(N)C2(C#N)C#N)cc1. The normalized spacial score (nSPS) is 22.0. The average molecular weight is 422 g/mol. The highest BCUT2D eigenvalue weighted by Crippen LogP contribution is 2.54. The zero-order valence-corrected chi connectivity index (χ0v) is 17.8. The molecule has 0 saturated carbocycles. The molecule has 1 aliphatic heterocycles. The summed E-state index contributed by atoms with van der Waals surface area (Å²) in [5.41, 5.74) is 7.90. The number of nitrogens with two attached hydrogens (primary N) is 1. The Hall–Kier alpha value is -4.05. The van der Waals surface area contributed by atoms with Crippen LogP contribution in [0.25, 0.3) is 0 Å². The van der Waals surface area contributed by atoms with Crippen molar-refractivity contribution in [2.24, 2.45) is 17.1 Å². The van der Waals surface area contributed by atoms with Gasteiger partial charge in [-0.25, -0.2) is 0 Å². The van der Waals surface area contributed by atoms with Gasteiger partial charge < -0.3 is 10.5 Å². The van der Waals surface area contributed by atoms with E-state index in [9.17, 15) is 15.8 Å². The van der Waals surface area contributed by atoms with E-state index in [2.05, 4.69) is 35.2 Å². The summed E-state index contributed by atoms with van der Waals surface area (Å²) in [6.07, 6.45) is 2.03. The van der Waals surface area contributed by atoms with Gasteiger partial charge in [0.15, 0.2) is 5.41 Å². The van der Waals surface area contributed by atoms with Crippen molar-refractivity contribution in [3.63, 3.8) is 0 Å². The number of allylic oxidation sites excluding steroid dienone is 2. The molecule has 2 aromatic rings. The lowest BCUT2D eigenvalue weighted by Crippen LogP contribution is -2.47. The van der Waals surface area contributed by atoms with Gasteiger partial charge in [-0.1, -0.05) is 48.5 Å². The first kappa shape index (κ1) is 21.2. The molecule has 32 heavy (non-hydrogen) atoms. The minimum atomic E-state index is -1.63. The minimum absolute atomic E-state index is 0.0461. The van der Waals surface area contributed by atoms with E-state index < -0.39 is 11.3 Å². The highest BCUT2D eigenvalue weighted by atomic mass is 16.5. The number of benzene rings is 2. The summed E-state index contributed by atoms with van der Waals surface area (Å²) >= 11 is 0. The van der Waals surface area contributed by atoms with E-state index in [1.807, 2.05) is 48.5 Å². The van der Waals surface area contributed by atoms with Crippen LogP contribution in [0.5, 0.6) is 5.75 Å². The summed E-state index contributed by atoms with van der Waals surface area (Å²) in [4.78, 5) is 2.27. The molecule has 2 aliphatic rings. The average Bonchev–Trinajstić information content (AvgIpc) is 2.84. The van der Waals surface area contributed by atoms with Crippen molar-refractivity contribution in [2.75, 3.05) is 20.2 Å². The molecule has 2 atom stereocenters. The molecule has 1 aliphatic carbocycles. The fourth-order valence-corrected chi connectivity index (χ4v) is 4.90. The van der Waals surface area contributed by atoms with Crippen LogP contribution in [-0.2, 0) is 6.54 Å². The van der Waals surface area contributed by atoms with Crippen LogP contribution in [0.15, 0.2) is 77.5 Å². The lowest BCUT2D eigenvalue weighted by molar-refractivity contribution is 0.201. The molecule has 4 rings (SSSR count). The van der Waals surface area contributed by atoms with Crippen molar-refractivity contribution in [2.45, 2.75) is 12.5 Å².